The Morgan fingerprint density at radius 3 is 2.65 bits per heavy atom. The predicted molar refractivity (Wildman–Crippen MR) is 73.7 cm³/mol. The Kier molecular flexibility index (Phi) is 4.43. The maximum atomic E-state index is 5.95. The second-order valence-corrected chi connectivity index (χ2v) is 5.27. The Labute approximate surface area is 105 Å². The molecule has 94 valence electrons. The van der Waals surface area contributed by atoms with Crippen molar-refractivity contribution in [3.05, 3.63) is 29.8 Å². The number of rotatable bonds is 4. The molecule has 0 unspecified atom stereocenters. The van der Waals surface area contributed by atoms with Crippen molar-refractivity contribution >= 4 is 5.69 Å². The molecule has 1 aromatic carbocycles. The van der Waals surface area contributed by atoms with Gasteiger partial charge in [-0.1, -0.05) is 37.5 Å². The van der Waals surface area contributed by atoms with Crippen LogP contribution in [0.2, 0.25) is 0 Å². The second-order valence-electron chi connectivity index (χ2n) is 5.27. The van der Waals surface area contributed by atoms with Gasteiger partial charge in [-0.25, -0.2) is 0 Å². The summed E-state index contributed by atoms with van der Waals surface area (Å²) in [5.74, 6) is 0.855. The Balaban J connectivity index is 1.83. The Morgan fingerprint density at radius 1 is 1.24 bits per heavy atom. The van der Waals surface area contributed by atoms with E-state index in [1.165, 1.54) is 37.7 Å². The molecule has 2 rings (SSSR count). The third kappa shape index (κ3) is 3.47. The molecule has 0 aromatic heterocycles. The van der Waals surface area contributed by atoms with Gasteiger partial charge in [0.25, 0.3) is 0 Å². The molecule has 1 aliphatic carbocycles. The first-order valence-electron chi connectivity index (χ1n) is 6.84. The van der Waals surface area contributed by atoms with E-state index in [4.69, 9.17) is 5.73 Å². The summed E-state index contributed by atoms with van der Waals surface area (Å²) in [4.78, 5) is 0. The monoisotopic (exact) mass is 232 g/mol. The number of nitrogen functional groups attached to an aromatic ring is 1. The molecule has 0 heterocycles. The Bertz CT molecular complexity index is 343. The van der Waals surface area contributed by atoms with Gasteiger partial charge in [-0.3, -0.25) is 0 Å². The van der Waals surface area contributed by atoms with Crippen molar-refractivity contribution in [3.8, 4) is 0 Å². The summed E-state index contributed by atoms with van der Waals surface area (Å²) in [5, 5.41) is 3.63. The van der Waals surface area contributed by atoms with Crippen molar-refractivity contribution in [2.75, 3.05) is 5.73 Å². The van der Waals surface area contributed by atoms with Crippen LogP contribution in [0.25, 0.3) is 0 Å². The maximum Gasteiger partial charge on any atom is 0.0359 e. The fourth-order valence-electron chi connectivity index (χ4n) is 2.77. The minimum atomic E-state index is 0.606. The first-order valence-corrected chi connectivity index (χ1v) is 6.84. The number of benzene rings is 1. The summed E-state index contributed by atoms with van der Waals surface area (Å²) in [6.45, 7) is 3.21. The molecular weight excluding hydrogens is 208 g/mol. The molecule has 0 radical (unpaired) electrons. The van der Waals surface area contributed by atoms with E-state index in [0.29, 0.717) is 6.04 Å². The van der Waals surface area contributed by atoms with Gasteiger partial charge in [0.2, 0.25) is 0 Å². The van der Waals surface area contributed by atoms with Crippen LogP contribution in [-0.4, -0.2) is 6.04 Å². The topological polar surface area (TPSA) is 38.0 Å². The molecule has 0 amide bonds. The highest BCUT2D eigenvalue weighted by Crippen LogP contribution is 2.26. The average Bonchev–Trinajstić information content (AvgIpc) is 2.38. The third-order valence-corrected chi connectivity index (χ3v) is 4.03. The summed E-state index contributed by atoms with van der Waals surface area (Å²) in [7, 11) is 0. The van der Waals surface area contributed by atoms with E-state index in [2.05, 4.69) is 24.4 Å². The van der Waals surface area contributed by atoms with E-state index >= 15 is 0 Å². The van der Waals surface area contributed by atoms with E-state index in [9.17, 15) is 0 Å². The SMILES string of the molecule is C[C@@H](NCc1ccccc1N)C1CCCCC1. The standard InChI is InChI=1S/C15H24N2/c1-12(13-7-3-2-4-8-13)17-11-14-9-5-6-10-15(14)16/h5-6,9-10,12-13,17H,2-4,7-8,11,16H2,1H3/t12-/m1/s1. The van der Waals surface area contributed by atoms with Gasteiger partial charge in [-0.15, -0.1) is 0 Å². The molecule has 2 heteroatoms. The zero-order valence-electron chi connectivity index (χ0n) is 10.8. The van der Waals surface area contributed by atoms with E-state index in [-0.39, 0.29) is 0 Å². The maximum absolute atomic E-state index is 5.95. The number of hydrogen-bond donors (Lipinski definition) is 2. The number of hydrogen-bond acceptors (Lipinski definition) is 2. The molecule has 1 atom stereocenters. The zero-order chi connectivity index (χ0) is 12.1. The lowest BCUT2D eigenvalue weighted by molar-refractivity contribution is 0.281. The largest absolute Gasteiger partial charge is 0.398 e. The summed E-state index contributed by atoms with van der Waals surface area (Å²) >= 11 is 0. The molecule has 17 heavy (non-hydrogen) atoms. The van der Waals surface area contributed by atoms with Crippen molar-refractivity contribution in [2.45, 2.75) is 51.6 Å². The summed E-state index contributed by atoms with van der Waals surface area (Å²) in [5.41, 5.74) is 8.06. The van der Waals surface area contributed by atoms with E-state index < -0.39 is 0 Å². The molecule has 0 saturated heterocycles. The third-order valence-electron chi connectivity index (χ3n) is 4.03. The van der Waals surface area contributed by atoms with Gasteiger partial charge in [0.15, 0.2) is 0 Å². The minimum Gasteiger partial charge on any atom is -0.398 e. The van der Waals surface area contributed by atoms with Crippen molar-refractivity contribution < 1.29 is 0 Å². The summed E-state index contributed by atoms with van der Waals surface area (Å²) in [6.07, 6.45) is 7.01. The highest BCUT2D eigenvalue weighted by Gasteiger charge is 2.19. The van der Waals surface area contributed by atoms with E-state index in [1.807, 2.05) is 12.1 Å². The van der Waals surface area contributed by atoms with Gasteiger partial charge in [0.05, 0.1) is 0 Å². The quantitative estimate of drug-likeness (QED) is 0.781. The van der Waals surface area contributed by atoms with Crippen LogP contribution in [0.1, 0.15) is 44.6 Å². The molecule has 3 N–H and O–H groups in total. The lowest BCUT2D eigenvalue weighted by atomic mass is 9.84. The summed E-state index contributed by atoms with van der Waals surface area (Å²) < 4.78 is 0. The van der Waals surface area contributed by atoms with Gasteiger partial charge in [0, 0.05) is 18.3 Å². The van der Waals surface area contributed by atoms with Crippen LogP contribution in [0.3, 0.4) is 0 Å². The first kappa shape index (κ1) is 12.4. The van der Waals surface area contributed by atoms with E-state index in [0.717, 1.165) is 18.2 Å². The van der Waals surface area contributed by atoms with Gasteiger partial charge in [0.1, 0.15) is 0 Å². The highest BCUT2D eigenvalue weighted by atomic mass is 14.9. The number of anilines is 1. The van der Waals surface area contributed by atoms with Gasteiger partial charge in [-0.2, -0.15) is 0 Å². The van der Waals surface area contributed by atoms with Crippen LogP contribution in [0.15, 0.2) is 24.3 Å². The summed E-state index contributed by atoms with van der Waals surface area (Å²) in [6, 6.07) is 8.73. The van der Waals surface area contributed by atoms with Crippen molar-refractivity contribution in [3.63, 3.8) is 0 Å². The number of para-hydroxylation sites is 1. The molecular formula is C15H24N2. The van der Waals surface area contributed by atoms with Crippen LogP contribution in [0, 0.1) is 5.92 Å². The van der Waals surface area contributed by atoms with Gasteiger partial charge < -0.3 is 11.1 Å². The Hall–Kier alpha value is -1.02. The predicted octanol–water partition coefficient (Wildman–Crippen LogP) is 3.33. The van der Waals surface area contributed by atoms with Crippen LogP contribution in [-0.2, 0) is 6.54 Å². The normalized spacial score (nSPS) is 19.1. The molecule has 0 bridgehead atoms. The molecule has 1 aliphatic rings. The molecule has 1 fully saturated rings. The molecule has 1 saturated carbocycles. The van der Waals surface area contributed by atoms with E-state index in [1.54, 1.807) is 0 Å². The average molecular weight is 232 g/mol. The minimum absolute atomic E-state index is 0.606. The van der Waals surface area contributed by atoms with Gasteiger partial charge >= 0.3 is 0 Å². The van der Waals surface area contributed by atoms with Crippen molar-refractivity contribution in [2.24, 2.45) is 5.92 Å². The van der Waals surface area contributed by atoms with Crippen molar-refractivity contribution in [1.29, 1.82) is 0 Å². The molecule has 0 aliphatic heterocycles. The van der Waals surface area contributed by atoms with Crippen molar-refractivity contribution in [1.82, 2.24) is 5.32 Å². The zero-order valence-corrected chi connectivity index (χ0v) is 10.8. The lowest BCUT2D eigenvalue weighted by Gasteiger charge is -2.28. The number of nitrogens with one attached hydrogen (secondary N) is 1. The Morgan fingerprint density at radius 2 is 1.94 bits per heavy atom. The number of nitrogens with two attached hydrogens (primary N) is 1. The lowest BCUT2D eigenvalue weighted by Crippen LogP contribution is -2.34. The van der Waals surface area contributed by atoms with Crippen LogP contribution in [0.5, 0.6) is 0 Å². The highest BCUT2D eigenvalue weighted by molar-refractivity contribution is 5.46. The van der Waals surface area contributed by atoms with Crippen LogP contribution >= 0.6 is 0 Å². The fraction of sp³-hybridized carbons (Fsp3) is 0.600. The van der Waals surface area contributed by atoms with Crippen LogP contribution in [0.4, 0.5) is 5.69 Å². The fourth-order valence-corrected chi connectivity index (χ4v) is 2.77. The van der Waals surface area contributed by atoms with Gasteiger partial charge in [-0.05, 0) is 37.3 Å². The van der Waals surface area contributed by atoms with Crippen LogP contribution < -0.4 is 11.1 Å². The molecule has 2 nitrogen and oxygen atoms in total. The second kappa shape index (κ2) is 6.06. The molecule has 1 aromatic rings. The molecule has 0 spiro atoms. The first-order chi connectivity index (χ1) is 8.27. The smallest absolute Gasteiger partial charge is 0.0359 e.